The molecular weight excluding hydrogens is 364 g/mol. The van der Waals surface area contributed by atoms with Crippen molar-refractivity contribution in [1.82, 2.24) is 9.55 Å². The summed E-state index contributed by atoms with van der Waals surface area (Å²) in [6.07, 6.45) is 3.40. The van der Waals surface area contributed by atoms with Crippen LogP contribution in [0, 0.1) is 0 Å². The number of benzene rings is 1. The number of rotatable bonds is 6. The molecule has 0 atom stereocenters. The second-order valence-electron chi connectivity index (χ2n) is 6.02. The van der Waals surface area contributed by atoms with Gasteiger partial charge in [-0.05, 0) is 24.1 Å². The van der Waals surface area contributed by atoms with E-state index >= 15 is 0 Å². The first kappa shape index (κ1) is 19.2. The number of aryl methyl sites for hydroxylation is 2. The van der Waals surface area contributed by atoms with Crippen molar-refractivity contribution in [2.45, 2.75) is 13.0 Å². The summed E-state index contributed by atoms with van der Waals surface area (Å²) in [4.78, 5) is 28.3. The summed E-state index contributed by atoms with van der Waals surface area (Å²) in [6, 6.07) is 7.08. The molecule has 2 heterocycles. The summed E-state index contributed by atoms with van der Waals surface area (Å²) in [5, 5.41) is 10.7. The van der Waals surface area contributed by atoms with Crippen LogP contribution >= 0.6 is 0 Å². The number of pyridine rings is 2. The van der Waals surface area contributed by atoms with Crippen molar-refractivity contribution in [3.8, 4) is 17.2 Å². The lowest BCUT2D eigenvalue weighted by Gasteiger charge is -2.12. The van der Waals surface area contributed by atoms with E-state index in [0.717, 1.165) is 5.56 Å². The molecule has 0 aliphatic carbocycles. The fraction of sp³-hybridized carbons (Fsp3) is 0.250. The van der Waals surface area contributed by atoms with Gasteiger partial charge in [0.15, 0.2) is 11.4 Å². The smallest absolute Gasteiger partial charge is 0.360 e. The van der Waals surface area contributed by atoms with Gasteiger partial charge in [0.2, 0.25) is 0 Å². The highest BCUT2D eigenvalue weighted by Crippen LogP contribution is 2.27. The normalized spacial score (nSPS) is 10.7. The number of methoxy groups -OCH3 is 3. The number of aromatic nitrogens is 2. The fourth-order valence-electron chi connectivity index (χ4n) is 2.96. The van der Waals surface area contributed by atoms with Gasteiger partial charge in [0, 0.05) is 30.4 Å². The van der Waals surface area contributed by atoms with Gasteiger partial charge in [-0.1, -0.05) is 6.07 Å². The van der Waals surface area contributed by atoms with Crippen LogP contribution in [-0.4, -0.2) is 42.0 Å². The molecule has 0 saturated heterocycles. The Morgan fingerprint density at radius 3 is 2.61 bits per heavy atom. The molecule has 8 heteroatoms. The predicted octanol–water partition coefficient (Wildman–Crippen LogP) is 2.15. The zero-order valence-electron chi connectivity index (χ0n) is 15.8. The lowest BCUT2D eigenvalue weighted by atomic mass is 10.1. The molecule has 3 aromatic rings. The van der Waals surface area contributed by atoms with Gasteiger partial charge in [0.05, 0.1) is 26.7 Å². The average Bonchev–Trinajstić information content (AvgIpc) is 2.73. The standard InChI is InChI=1S/C20H20N2O6/c1-26-13-5-4-12(16(10-13)27-2)6-8-22-9-7-14-15(19(22)24)11-21-17(18(14)23)20(25)28-3/h4-5,7,9-11,23H,6,8H2,1-3H3. The van der Waals surface area contributed by atoms with Crippen molar-refractivity contribution in [2.24, 2.45) is 0 Å². The van der Waals surface area contributed by atoms with Crippen molar-refractivity contribution in [2.75, 3.05) is 21.3 Å². The molecule has 2 aromatic heterocycles. The first-order chi connectivity index (χ1) is 13.5. The number of esters is 1. The summed E-state index contributed by atoms with van der Waals surface area (Å²) < 4.78 is 16.7. The molecule has 0 aliphatic heterocycles. The van der Waals surface area contributed by atoms with Crippen LogP contribution in [-0.2, 0) is 17.7 Å². The number of fused-ring (bicyclic) bond motifs is 1. The highest BCUT2D eigenvalue weighted by atomic mass is 16.5. The predicted molar refractivity (Wildman–Crippen MR) is 102 cm³/mol. The highest BCUT2D eigenvalue weighted by Gasteiger charge is 2.18. The maximum Gasteiger partial charge on any atom is 0.360 e. The molecule has 146 valence electrons. The Morgan fingerprint density at radius 1 is 1.14 bits per heavy atom. The maximum atomic E-state index is 12.8. The maximum absolute atomic E-state index is 12.8. The largest absolute Gasteiger partial charge is 0.505 e. The van der Waals surface area contributed by atoms with Gasteiger partial charge in [0.1, 0.15) is 11.5 Å². The van der Waals surface area contributed by atoms with Gasteiger partial charge in [-0.15, -0.1) is 0 Å². The van der Waals surface area contributed by atoms with E-state index in [1.165, 1.54) is 17.9 Å². The van der Waals surface area contributed by atoms with Crippen LogP contribution in [0.4, 0.5) is 0 Å². The van der Waals surface area contributed by atoms with E-state index in [0.29, 0.717) is 24.5 Å². The Kier molecular flexibility index (Phi) is 5.49. The summed E-state index contributed by atoms with van der Waals surface area (Å²) in [5.74, 6) is 0.224. The zero-order chi connectivity index (χ0) is 20.3. The van der Waals surface area contributed by atoms with E-state index < -0.39 is 5.97 Å². The lowest BCUT2D eigenvalue weighted by Crippen LogP contribution is -2.21. The van der Waals surface area contributed by atoms with Gasteiger partial charge in [0.25, 0.3) is 5.56 Å². The SMILES string of the molecule is COC(=O)c1ncc2c(=O)n(CCc3ccc(OC)cc3OC)ccc2c1O. The molecule has 3 rings (SSSR count). The van der Waals surface area contributed by atoms with Crippen molar-refractivity contribution in [3.63, 3.8) is 0 Å². The number of hydrogen-bond donors (Lipinski definition) is 1. The average molecular weight is 384 g/mol. The molecule has 8 nitrogen and oxygen atoms in total. The lowest BCUT2D eigenvalue weighted by molar-refractivity contribution is 0.0591. The molecule has 0 saturated carbocycles. The molecule has 0 bridgehead atoms. The van der Waals surface area contributed by atoms with Crippen molar-refractivity contribution in [3.05, 3.63) is 58.3 Å². The Labute approximate surface area is 160 Å². The Morgan fingerprint density at radius 2 is 1.93 bits per heavy atom. The monoisotopic (exact) mass is 384 g/mol. The summed E-state index contributed by atoms with van der Waals surface area (Å²) in [6.45, 7) is 0.400. The van der Waals surface area contributed by atoms with Gasteiger partial charge >= 0.3 is 5.97 Å². The molecule has 0 radical (unpaired) electrons. The molecule has 0 amide bonds. The highest BCUT2D eigenvalue weighted by molar-refractivity contribution is 5.98. The third-order valence-electron chi connectivity index (χ3n) is 4.50. The van der Waals surface area contributed by atoms with E-state index in [4.69, 9.17) is 9.47 Å². The van der Waals surface area contributed by atoms with Gasteiger partial charge < -0.3 is 23.9 Å². The molecule has 1 N–H and O–H groups in total. The number of aromatic hydroxyl groups is 1. The minimum absolute atomic E-state index is 0.217. The molecule has 0 spiro atoms. The molecule has 0 fully saturated rings. The van der Waals surface area contributed by atoms with Crippen LogP contribution in [0.15, 0.2) is 41.5 Å². The Balaban J connectivity index is 1.92. The van der Waals surface area contributed by atoms with E-state index in [1.54, 1.807) is 32.5 Å². The molecule has 1 aromatic carbocycles. The zero-order valence-corrected chi connectivity index (χ0v) is 15.8. The third kappa shape index (κ3) is 3.48. The van der Waals surface area contributed by atoms with Crippen LogP contribution in [0.3, 0.4) is 0 Å². The van der Waals surface area contributed by atoms with Crippen LogP contribution in [0.25, 0.3) is 10.8 Å². The topological polar surface area (TPSA) is 99.9 Å². The van der Waals surface area contributed by atoms with E-state index in [-0.39, 0.29) is 27.8 Å². The minimum atomic E-state index is -0.768. The Bertz CT molecular complexity index is 1090. The summed E-state index contributed by atoms with van der Waals surface area (Å²) >= 11 is 0. The second kappa shape index (κ2) is 7.99. The van der Waals surface area contributed by atoms with Gasteiger partial charge in [-0.25, -0.2) is 9.78 Å². The summed E-state index contributed by atoms with van der Waals surface area (Å²) in [7, 11) is 4.35. The number of carbonyl (C=O) groups is 1. The fourth-order valence-corrected chi connectivity index (χ4v) is 2.96. The molecule has 0 unspecified atom stereocenters. The van der Waals surface area contributed by atoms with Crippen LogP contribution in [0.5, 0.6) is 17.2 Å². The molecule has 0 aliphatic rings. The number of hydrogen-bond acceptors (Lipinski definition) is 7. The Hall–Kier alpha value is -3.55. The third-order valence-corrected chi connectivity index (χ3v) is 4.50. The van der Waals surface area contributed by atoms with E-state index in [9.17, 15) is 14.7 Å². The van der Waals surface area contributed by atoms with E-state index in [2.05, 4.69) is 9.72 Å². The van der Waals surface area contributed by atoms with Crippen LogP contribution < -0.4 is 15.0 Å². The van der Waals surface area contributed by atoms with Crippen molar-refractivity contribution < 1.29 is 24.1 Å². The van der Waals surface area contributed by atoms with Gasteiger partial charge in [-0.3, -0.25) is 4.79 Å². The quantitative estimate of drug-likeness (QED) is 0.650. The molecular formula is C20H20N2O6. The summed E-state index contributed by atoms with van der Waals surface area (Å²) in [5.41, 5.74) is 0.386. The van der Waals surface area contributed by atoms with Crippen molar-refractivity contribution in [1.29, 1.82) is 0 Å². The first-order valence-corrected chi connectivity index (χ1v) is 8.50. The first-order valence-electron chi connectivity index (χ1n) is 8.50. The minimum Gasteiger partial charge on any atom is -0.505 e. The van der Waals surface area contributed by atoms with Crippen LogP contribution in [0.2, 0.25) is 0 Å². The van der Waals surface area contributed by atoms with Crippen LogP contribution in [0.1, 0.15) is 16.1 Å². The van der Waals surface area contributed by atoms with Crippen molar-refractivity contribution >= 4 is 16.7 Å². The van der Waals surface area contributed by atoms with Gasteiger partial charge in [-0.2, -0.15) is 0 Å². The number of nitrogens with zero attached hydrogens (tertiary/aromatic N) is 2. The molecule has 28 heavy (non-hydrogen) atoms. The number of ether oxygens (including phenoxy) is 3. The van der Waals surface area contributed by atoms with E-state index in [1.807, 2.05) is 12.1 Å². The second-order valence-corrected chi connectivity index (χ2v) is 6.02. The number of carbonyl (C=O) groups excluding carboxylic acids is 1.